The molecule has 20 heavy (non-hydrogen) atoms. The summed E-state index contributed by atoms with van der Waals surface area (Å²) in [6, 6.07) is 7.24. The minimum Gasteiger partial charge on any atom is -0.375 e. The topological polar surface area (TPSA) is 29.3 Å². The van der Waals surface area contributed by atoms with Crippen molar-refractivity contribution >= 4 is 22.9 Å². The highest BCUT2D eigenvalue weighted by Gasteiger charge is 2.09. The molecule has 0 saturated heterocycles. The van der Waals surface area contributed by atoms with E-state index in [1.807, 2.05) is 0 Å². The van der Waals surface area contributed by atoms with Crippen molar-refractivity contribution in [3.05, 3.63) is 65.1 Å². The van der Waals surface area contributed by atoms with Gasteiger partial charge >= 0.3 is 0 Å². The van der Waals surface area contributed by atoms with Crippen LogP contribution in [0.3, 0.4) is 0 Å². The Bertz CT molecular complexity index is 750. The first-order valence-electron chi connectivity index (χ1n) is 5.94. The van der Waals surface area contributed by atoms with Crippen LogP contribution in [0.15, 0.2) is 42.7 Å². The molecule has 0 radical (unpaired) electrons. The predicted molar refractivity (Wildman–Crippen MR) is 73.9 cm³/mol. The minimum atomic E-state index is -0.628. The Labute approximate surface area is 118 Å². The van der Waals surface area contributed by atoms with Gasteiger partial charge in [-0.1, -0.05) is 17.7 Å². The largest absolute Gasteiger partial charge is 0.375 e. The molecule has 0 bridgehead atoms. The molecule has 0 atom stereocenters. The zero-order valence-corrected chi connectivity index (χ0v) is 11.0. The summed E-state index contributed by atoms with van der Waals surface area (Å²) in [6.45, 7) is 0.219. The van der Waals surface area contributed by atoms with Crippen LogP contribution in [0.1, 0.15) is 5.69 Å². The van der Waals surface area contributed by atoms with Crippen molar-refractivity contribution in [2.45, 2.75) is 6.54 Å². The summed E-state index contributed by atoms with van der Waals surface area (Å²) in [4.78, 5) is 4.33. The summed E-state index contributed by atoms with van der Waals surface area (Å²) >= 11 is 5.88. The number of imidazole rings is 1. The van der Waals surface area contributed by atoms with Gasteiger partial charge in [-0.25, -0.2) is 13.8 Å². The average Bonchev–Trinajstić information content (AvgIpc) is 2.80. The third-order valence-corrected chi connectivity index (χ3v) is 3.10. The second kappa shape index (κ2) is 5.09. The van der Waals surface area contributed by atoms with Gasteiger partial charge in [0.25, 0.3) is 0 Å². The maximum Gasteiger partial charge on any atom is 0.149 e. The molecule has 3 rings (SSSR count). The number of halogens is 3. The van der Waals surface area contributed by atoms with Gasteiger partial charge in [0.2, 0.25) is 0 Å². The fourth-order valence-electron chi connectivity index (χ4n) is 1.95. The Morgan fingerprint density at radius 2 is 1.85 bits per heavy atom. The van der Waals surface area contributed by atoms with Gasteiger partial charge in [-0.2, -0.15) is 0 Å². The number of hydrogen-bond acceptors (Lipinski definition) is 2. The summed E-state index contributed by atoms with van der Waals surface area (Å²) in [7, 11) is 0. The summed E-state index contributed by atoms with van der Waals surface area (Å²) in [6.07, 6.45) is 3.48. The van der Waals surface area contributed by atoms with E-state index in [4.69, 9.17) is 11.6 Å². The van der Waals surface area contributed by atoms with E-state index in [2.05, 4.69) is 10.3 Å². The molecule has 3 nitrogen and oxygen atoms in total. The second-order valence-electron chi connectivity index (χ2n) is 4.30. The van der Waals surface area contributed by atoms with Gasteiger partial charge in [-0.15, -0.1) is 0 Å². The Kier molecular flexibility index (Phi) is 3.28. The lowest BCUT2D eigenvalue weighted by Crippen LogP contribution is -2.03. The highest BCUT2D eigenvalue weighted by atomic mass is 35.5. The first-order chi connectivity index (χ1) is 9.63. The maximum absolute atomic E-state index is 13.5. The van der Waals surface area contributed by atoms with Gasteiger partial charge in [0.15, 0.2) is 0 Å². The number of para-hydroxylation sites is 1. The van der Waals surface area contributed by atoms with Crippen molar-refractivity contribution in [1.82, 2.24) is 9.38 Å². The zero-order chi connectivity index (χ0) is 14.1. The number of nitrogens with one attached hydrogen (secondary N) is 1. The van der Waals surface area contributed by atoms with Gasteiger partial charge in [0, 0.05) is 12.4 Å². The molecule has 2 heterocycles. The van der Waals surface area contributed by atoms with E-state index in [0.717, 1.165) is 5.65 Å². The molecular weight excluding hydrogens is 284 g/mol. The molecule has 0 saturated carbocycles. The van der Waals surface area contributed by atoms with E-state index < -0.39 is 11.6 Å². The third-order valence-electron chi connectivity index (χ3n) is 2.87. The number of aromatic nitrogens is 2. The van der Waals surface area contributed by atoms with Crippen LogP contribution in [0.25, 0.3) is 5.65 Å². The van der Waals surface area contributed by atoms with Crippen molar-refractivity contribution in [2.24, 2.45) is 0 Å². The molecule has 0 aliphatic rings. The minimum absolute atomic E-state index is 0.150. The standard InChI is InChI=1S/C14H10ClF2N3/c15-9-4-5-13-19-10(8-20(13)7-9)6-18-14-11(16)2-1-3-12(14)17/h1-5,7-8,18H,6H2. The molecule has 0 aliphatic carbocycles. The van der Waals surface area contributed by atoms with Crippen LogP contribution in [0.2, 0.25) is 5.02 Å². The predicted octanol–water partition coefficient (Wildman–Crippen LogP) is 3.88. The third kappa shape index (κ3) is 2.44. The van der Waals surface area contributed by atoms with Crippen LogP contribution in [0.5, 0.6) is 0 Å². The fraction of sp³-hybridized carbons (Fsp3) is 0.0714. The molecule has 0 amide bonds. The zero-order valence-electron chi connectivity index (χ0n) is 10.3. The number of benzene rings is 1. The summed E-state index contributed by atoms with van der Waals surface area (Å²) < 4.78 is 28.7. The number of hydrogen-bond donors (Lipinski definition) is 1. The Morgan fingerprint density at radius 1 is 1.10 bits per heavy atom. The Balaban J connectivity index is 1.83. The monoisotopic (exact) mass is 293 g/mol. The molecular formula is C14H10ClF2N3. The van der Waals surface area contributed by atoms with Crippen LogP contribution >= 0.6 is 11.6 Å². The van der Waals surface area contributed by atoms with E-state index in [1.165, 1.54) is 18.2 Å². The van der Waals surface area contributed by atoms with E-state index in [9.17, 15) is 8.78 Å². The van der Waals surface area contributed by atoms with Crippen LogP contribution in [-0.4, -0.2) is 9.38 Å². The van der Waals surface area contributed by atoms with Gasteiger partial charge in [-0.05, 0) is 24.3 Å². The van der Waals surface area contributed by atoms with Gasteiger partial charge in [0.05, 0.1) is 17.3 Å². The van der Waals surface area contributed by atoms with Crippen molar-refractivity contribution in [2.75, 3.05) is 5.32 Å². The van der Waals surface area contributed by atoms with Crippen LogP contribution in [0, 0.1) is 11.6 Å². The highest BCUT2D eigenvalue weighted by Crippen LogP contribution is 2.19. The van der Waals surface area contributed by atoms with E-state index in [-0.39, 0.29) is 12.2 Å². The molecule has 1 aromatic carbocycles. The van der Waals surface area contributed by atoms with E-state index in [1.54, 1.807) is 28.9 Å². The summed E-state index contributed by atoms with van der Waals surface area (Å²) in [5.41, 5.74) is 1.23. The van der Waals surface area contributed by atoms with Crippen molar-refractivity contribution in [1.29, 1.82) is 0 Å². The number of pyridine rings is 1. The van der Waals surface area contributed by atoms with E-state index in [0.29, 0.717) is 10.7 Å². The molecule has 3 aromatic rings. The lowest BCUT2D eigenvalue weighted by molar-refractivity contribution is 0.588. The number of fused-ring (bicyclic) bond motifs is 1. The molecule has 0 spiro atoms. The van der Waals surface area contributed by atoms with Gasteiger partial charge in [0.1, 0.15) is 23.0 Å². The van der Waals surface area contributed by atoms with Gasteiger partial charge in [-0.3, -0.25) is 0 Å². The van der Waals surface area contributed by atoms with Gasteiger partial charge < -0.3 is 9.72 Å². The van der Waals surface area contributed by atoms with Crippen molar-refractivity contribution in [3.63, 3.8) is 0 Å². The number of anilines is 1. The van der Waals surface area contributed by atoms with Crippen LogP contribution in [0.4, 0.5) is 14.5 Å². The average molecular weight is 294 g/mol. The summed E-state index contributed by atoms with van der Waals surface area (Å²) in [5.74, 6) is -1.26. The fourth-order valence-corrected chi connectivity index (χ4v) is 2.12. The number of rotatable bonds is 3. The SMILES string of the molecule is Fc1cccc(F)c1NCc1cn2cc(Cl)ccc2n1. The molecule has 0 fully saturated rings. The van der Waals surface area contributed by atoms with E-state index >= 15 is 0 Å². The smallest absolute Gasteiger partial charge is 0.149 e. The van der Waals surface area contributed by atoms with Crippen molar-refractivity contribution < 1.29 is 8.78 Å². The molecule has 1 N–H and O–H groups in total. The van der Waals surface area contributed by atoms with Crippen LogP contribution in [-0.2, 0) is 6.54 Å². The summed E-state index contributed by atoms with van der Waals surface area (Å²) in [5, 5.41) is 3.31. The molecule has 0 unspecified atom stereocenters. The first-order valence-corrected chi connectivity index (χ1v) is 6.32. The Morgan fingerprint density at radius 3 is 2.60 bits per heavy atom. The molecule has 2 aromatic heterocycles. The highest BCUT2D eigenvalue weighted by molar-refractivity contribution is 6.30. The lowest BCUT2D eigenvalue weighted by atomic mass is 10.3. The Hall–Kier alpha value is -2.14. The lowest BCUT2D eigenvalue weighted by Gasteiger charge is -2.06. The molecule has 102 valence electrons. The maximum atomic E-state index is 13.5. The first kappa shape index (κ1) is 12.9. The normalized spacial score (nSPS) is 10.9. The second-order valence-corrected chi connectivity index (χ2v) is 4.73. The quantitative estimate of drug-likeness (QED) is 0.794. The molecule has 0 aliphatic heterocycles. The van der Waals surface area contributed by atoms with Crippen molar-refractivity contribution in [3.8, 4) is 0 Å². The van der Waals surface area contributed by atoms with Crippen LogP contribution < -0.4 is 5.32 Å². The molecule has 6 heteroatoms. The number of nitrogens with zero attached hydrogens (tertiary/aromatic N) is 2.